The maximum absolute atomic E-state index is 11.7. The largest absolute Gasteiger partial charge is 0.496 e. The number of carboxylic acids is 1. The minimum absolute atomic E-state index is 0.234. The summed E-state index contributed by atoms with van der Waals surface area (Å²) in [4.78, 5) is 22.8. The summed E-state index contributed by atoms with van der Waals surface area (Å²) in [6.45, 7) is 1.41. The van der Waals surface area contributed by atoms with Crippen LogP contribution in [-0.2, 0) is 4.79 Å². The number of aliphatic carboxylic acids is 1. The molecule has 7 heteroatoms. The molecule has 1 heterocycles. The predicted molar refractivity (Wildman–Crippen MR) is 67.2 cm³/mol. The molecule has 2 N–H and O–H groups in total. The minimum atomic E-state index is -1.11. The molecule has 0 unspecified atom stereocenters. The molecule has 2 rings (SSSR count). The number of aromatic nitrogens is 3. The van der Waals surface area contributed by atoms with Crippen LogP contribution in [0, 0.1) is 0 Å². The summed E-state index contributed by atoms with van der Waals surface area (Å²) in [7, 11) is 1.49. The Morgan fingerprint density at radius 1 is 1.47 bits per heavy atom. The Balaban J connectivity index is 2.64. The fourth-order valence-electron chi connectivity index (χ4n) is 1.79. The maximum atomic E-state index is 11.7. The van der Waals surface area contributed by atoms with E-state index in [1.165, 1.54) is 14.0 Å². The van der Waals surface area contributed by atoms with Gasteiger partial charge < -0.3 is 9.84 Å². The third-order valence-electron chi connectivity index (χ3n) is 2.80. The molecule has 0 amide bonds. The van der Waals surface area contributed by atoms with Gasteiger partial charge in [0.15, 0.2) is 5.82 Å². The highest BCUT2D eigenvalue weighted by Gasteiger charge is 2.22. The molecule has 2 aromatic rings. The van der Waals surface area contributed by atoms with E-state index in [9.17, 15) is 9.59 Å². The van der Waals surface area contributed by atoms with E-state index in [-0.39, 0.29) is 5.82 Å². The van der Waals surface area contributed by atoms with E-state index < -0.39 is 17.7 Å². The summed E-state index contributed by atoms with van der Waals surface area (Å²) in [6.07, 6.45) is 0. The second-order valence-electron chi connectivity index (χ2n) is 3.94. The molecule has 1 aromatic carbocycles. The third kappa shape index (κ3) is 2.22. The SMILES string of the molecule is COc1ccccc1-c1n[nH]c(=O)n1[C@H](C)C(=O)O. The predicted octanol–water partition coefficient (Wildman–Crippen LogP) is 0.893. The number of benzene rings is 1. The van der Waals surface area contributed by atoms with Crippen molar-refractivity contribution in [2.75, 3.05) is 7.11 Å². The van der Waals surface area contributed by atoms with Crippen LogP contribution >= 0.6 is 0 Å². The van der Waals surface area contributed by atoms with Crippen LogP contribution in [0.1, 0.15) is 13.0 Å². The zero-order valence-electron chi connectivity index (χ0n) is 10.5. The number of nitrogens with zero attached hydrogens (tertiary/aromatic N) is 2. The molecule has 19 heavy (non-hydrogen) atoms. The number of methoxy groups -OCH3 is 1. The van der Waals surface area contributed by atoms with E-state index in [2.05, 4.69) is 10.2 Å². The van der Waals surface area contributed by atoms with Crippen LogP contribution in [0.5, 0.6) is 5.75 Å². The van der Waals surface area contributed by atoms with Crippen LogP contribution < -0.4 is 10.4 Å². The Hall–Kier alpha value is -2.57. The molecular weight excluding hydrogens is 250 g/mol. The zero-order chi connectivity index (χ0) is 14.0. The molecule has 100 valence electrons. The quantitative estimate of drug-likeness (QED) is 0.853. The standard InChI is InChI=1S/C12H13N3O4/c1-7(11(16)17)15-10(13-14-12(15)18)8-5-3-4-6-9(8)19-2/h3-7H,1-2H3,(H,14,18)(H,16,17)/t7-/m1/s1. The topological polar surface area (TPSA) is 97.2 Å². The van der Waals surface area contributed by atoms with Crippen LogP contribution in [0.4, 0.5) is 0 Å². The monoisotopic (exact) mass is 263 g/mol. The number of carbonyl (C=O) groups is 1. The molecule has 0 aliphatic rings. The average Bonchev–Trinajstić information content (AvgIpc) is 2.79. The molecule has 0 fully saturated rings. The first-order valence-electron chi connectivity index (χ1n) is 5.59. The minimum Gasteiger partial charge on any atom is -0.496 e. The smallest absolute Gasteiger partial charge is 0.344 e. The van der Waals surface area contributed by atoms with Crippen molar-refractivity contribution in [1.29, 1.82) is 0 Å². The molecule has 0 bridgehead atoms. The number of nitrogens with one attached hydrogen (secondary N) is 1. The number of hydrogen-bond acceptors (Lipinski definition) is 4. The van der Waals surface area contributed by atoms with E-state index in [4.69, 9.17) is 9.84 Å². The number of ether oxygens (including phenoxy) is 1. The molecule has 1 aromatic heterocycles. The first-order chi connectivity index (χ1) is 9.06. The molecule has 7 nitrogen and oxygen atoms in total. The molecule has 0 saturated carbocycles. The van der Waals surface area contributed by atoms with Crippen molar-refractivity contribution < 1.29 is 14.6 Å². The van der Waals surface area contributed by atoms with E-state index in [1.54, 1.807) is 24.3 Å². The van der Waals surface area contributed by atoms with Gasteiger partial charge in [0.05, 0.1) is 12.7 Å². The molecule has 0 spiro atoms. The average molecular weight is 263 g/mol. The van der Waals surface area contributed by atoms with Crippen LogP contribution in [0.25, 0.3) is 11.4 Å². The summed E-state index contributed by atoms with van der Waals surface area (Å²) < 4.78 is 6.27. The fraction of sp³-hybridized carbons (Fsp3) is 0.250. The van der Waals surface area contributed by atoms with E-state index in [0.717, 1.165) is 4.57 Å². The van der Waals surface area contributed by atoms with Crippen LogP contribution in [0.2, 0.25) is 0 Å². The van der Waals surface area contributed by atoms with Crippen molar-refractivity contribution in [1.82, 2.24) is 14.8 Å². The van der Waals surface area contributed by atoms with Gasteiger partial charge in [-0.25, -0.2) is 14.7 Å². The second kappa shape index (κ2) is 4.97. The summed E-state index contributed by atoms with van der Waals surface area (Å²) in [6, 6.07) is 5.93. The van der Waals surface area contributed by atoms with Gasteiger partial charge in [-0.2, -0.15) is 5.10 Å². The van der Waals surface area contributed by atoms with Crippen molar-refractivity contribution in [3.05, 3.63) is 34.7 Å². The number of aromatic amines is 1. The lowest BCUT2D eigenvalue weighted by Crippen LogP contribution is -2.26. The van der Waals surface area contributed by atoms with Gasteiger partial charge in [0.2, 0.25) is 0 Å². The molecule has 0 saturated heterocycles. The number of hydrogen-bond donors (Lipinski definition) is 2. The molecule has 0 radical (unpaired) electrons. The van der Waals surface area contributed by atoms with Crippen molar-refractivity contribution >= 4 is 5.97 Å². The molecular formula is C12H13N3O4. The number of para-hydroxylation sites is 1. The van der Waals surface area contributed by atoms with Gasteiger partial charge in [-0.05, 0) is 19.1 Å². The Kier molecular flexibility index (Phi) is 3.37. The van der Waals surface area contributed by atoms with E-state index in [1.807, 2.05) is 0 Å². The Labute approximate surface area is 108 Å². The lowest BCUT2D eigenvalue weighted by Gasteiger charge is -2.12. The van der Waals surface area contributed by atoms with Crippen molar-refractivity contribution in [3.63, 3.8) is 0 Å². The van der Waals surface area contributed by atoms with Crippen molar-refractivity contribution in [3.8, 4) is 17.1 Å². The summed E-state index contributed by atoms with van der Waals surface area (Å²) in [5.74, 6) is -0.364. The Morgan fingerprint density at radius 2 is 2.16 bits per heavy atom. The summed E-state index contributed by atoms with van der Waals surface area (Å²) in [5.41, 5.74) is -0.0211. The highest BCUT2D eigenvalue weighted by molar-refractivity contribution is 5.73. The van der Waals surface area contributed by atoms with Crippen molar-refractivity contribution in [2.45, 2.75) is 13.0 Å². The summed E-state index contributed by atoms with van der Waals surface area (Å²) in [5, 5.41) is 15.2. The highest BCUT2D eigenvalue weighted by Crippen LogP contribution is 2.28. The number of carboxylic acid groups (broad SMARTS) is 1. The lowest BCUT2D eigenvalue weighted by atomic mass is 10.2. The normalized spacial score (nSPS) is 12.1. The van der Waals surface area contributed by atoms with Gasteiger partial charge in [-0.1, -0.05) is 12.1 Å². The van der Waals surface area contributed by atoms with Gasteiger partial charge in [0, 0.05) is 0 Å². The first kappa shape index (κ1) is 12.9. The molecule has 0 aliphatic heterocycles. The lowest BCUT2D eigenvalue weighted by molar-refractivity contribution is -0.140. The van der Waals surface area contributed by atoms with Gasteiger partial charge in [0.1, 0.15) is 11.8 Å². The third-order valence-corrected chi connectivity index (χ3v) is 2.80. The second-order valence-corrected chi connectivity index (χ2v) is 3.94. The van der Waals surface area contributed by atoms with Gasteiger partial charge in [0.25, 0.3) is 0 Å². The fourth-order valence-corrected chi connectivity index (χ4v) is 1.79. The zero-order valence-corrected chi connectivity index (χ0v) is 10.5. The molecule has 0 aliphatic carbocycles. The van der Waals surface area contributed by atoms with E-state index in [0.29, 0.717) is 11.3 Å². The van der Waals surface area contributed by atoms with Crippen LogP contribution in [-0.4, -0.2) is 33.0 Å². The number of H-pyrrole nitrogens is 1. The first-order valence-corrected chi connectivity index (χ1v) is 5.59. The number of rotatable bonds is 4. The highest BCUT2D eigenvalue weighted by atomic mass is 16.5. The summed E-state index contributed by atoms with van der Waals surface area (Å²) >= 11 is 0. The van der Waals surface area contributed by atoms with Crippen LogP contribution in [0.15, 0.2) is 29.1 Å². The van der Waals surface area contributed by atoms with E-state index >= 15 is 0 Å². The van der Waals surface area contributed by atoms with Crippen molar-refractivity contribution in [2.24, 2.45) is 0 Å². The van der Waals surface area contributed by atoms with Crippen LogP contribution in [0.3, 0.4) is 0 Å². The Bertz CT molecular complexity index is 659. The van der Waals surface area contributed by atoms with Gasteiger partial charge >= 0.3 is 11.7 Å². The van der Waals surface area contributed by atoms with Gasteiger partial charge in [-0.3, -0.25) is 4.57 Å². The Morgan fingerprint density at radius 3 is 2.79 bits per heavy atom. The molecule has 1 atom stereocenters. The van der Waals surface area contributed by atoms with Gasteiger partial charge in [-0.15, -0.1) is 0 Å². The maximum Gasteiger partial charge on any atom is 0.344 e.